The van der Waals surface area contributed by atoms with E-state index in [1.54, 1.807) is 13.1 Å². The van der Waals surface area contributed by atoms with Gasteiger partial charge in [-0.3, -0.25) is 4.68 Å². The van der Waals surface area contributed by atoms with Crippen LogP contribution in [0.2, 0.25) is 0 Å². The molecule has 2 rings (SSSR count). The van der Waals surface area contributed by atoms with Gasteiger partial charge in [0, 0.05) is 12.4 Å². The molecule has 0 fully saturated rings. The van der Waals surface area contributed by atoms with Crippen LogP contribution in [0.15, 0.2) is 18.2 Å². The molecule has 1 aromatic carbocycles. The second kappa shape index (κ2) is 3.00. The fraction of sp³-hybridized carbons (Fsp3) is 0.222. The molecule has 0 aliphatic rings. The fourth-order valence-electron chi connectivity index (χ4n) is 1.46. The average molecular weight is 199 g/mol. The molecule has 0 amide bonds. The smallest absolute Gasteiger partial charge is 0.149 e. The zero-order chi connectivity index (χ0) is 9.42. The maximum Gasteiger partial charge on any atom is 0.149 e. The molecule has 2 nitrogen and oxygen atoms in total. The van der Waals surface area contributed by atoms with Gasteiger partial charge >= 0.3 is 0 Å². The summed E-state index contributed by atoms with van der Waals surface area (Å²) in [4.78, 5) is 0. The van der Waals surface area contributed by atoms with Gasteiger partial charge in [-0.1, -0.05) is 12.1 Å². The first-order valence-electron chi connectivity index (χ1n) is 3.90. The summed E-state index contributed by atoms with van der Waals surface area (Å²) < 4.78 is 14.8. The number of rotatable bonds is 1. The Morgan fingerprint density at radius 1 is 1.54 bits per heavy atom. The Morgan fingerprint density at radius 3 is 3.00 bits per heavy atom. The van der Waals surface area contributed by atoms with Gasteiger partial charge in [-0.2, -0.15) is 5.10 Å². The van der Waals surface area contributed by atoms with E-state index in [1.807, 2.05) is 6.07 Å². The van der Waals surface area contributed by atoms with E-state index in [4.69, 9.17) is 11.6 Å². The minimum absolute atomic E-state index is 0.260. The molecule has 0 bridgehead atoms. The molecule has 0 saturated carbocycles. The van der Waals surface area contributed by atoms with Crippen molar-refractivity contribution in [3.05, 3.63) is 29.7 Å². The van der Waals surface area contributed by atoms with E-state index in [1.165, 1.54) is 10.7 Å². The van der Waals surface area contributed by atoms with Crippen molar-refractivity contribution in [3.63, 3.8) is 0 Å². The molecule has 0 aliphatic carbocycles. The molecule has 0 N–H and O–H groups in total. The lowest BCUT2D eigenvalue weighted by Gasteiger charge is -1.94. The predicted molar refractivity (Wildman–Crippen MR) is 50.2 cm³/mol. The van der Waals surface area contributed by atoms with Gasteiger partial charge in [0.15, 0.2) is 0 Å². The highest BCUT2D eigenvalue weighted by atomic mass is 35.5. The Kier molecular flexibility index (Phi) is 1.96. The van der Waals surface area contributed by atoms with Crippen molar-refractivity contribution in [3.8, 4) is 0 Å². The van der Waals surface area contributed by atoms with E-state index in [2.05, 4.69) is 5.10 Å². The lowest BCUT2D eigenvalue weighted by Crippen LogP contribution is -1.92. The maximum absolute atomic E-state index is 13.3. The lowest BCUT2D eigenvalue weighted by atomic mass is 10.2. The summed E-state index contributed by atoms with van der Waals surface area (Å²) in [6.07, 6.45) is 0. The number of halogens is 2. The molecule has 0 aliphatic heterocycles. The van der Waals surface area contributed by atoms with Crippen LogP contribution < -0.4 is 0 Å². The molecular weight excluding hydrogens is 191 g/mol. The summed E-state index contributed by atoms with van der Waals surface area (Å²) in [6.45, 7) is 0. The zero-order valence-corrected chi connectivity index (χ0v) is 7.85. The second-order valence-electron chi connectivity index (χ2n) is 2.84. The Labute approximate surface area is 79.9 Å². The summed E-state index contributed by atoms with van der Waals surface area (Å²) in [6, 6.07) is 4.90. The minimum Gasteiger partial charge on any atom is -0.265 e. The quantitative estimate of drug-likeness (QED) is 0.644. The van der Waals surface area contributed by atoms with Gasteiger partial charge in [-0.25, -0.2) is 4.39 Å². The standard InChI is InChI=1S/C9H8ClFN2/c1-13-9-6(8(5-10)12-13)3-2-4-7(9)11/h2-4H,5H2,1H3. The van der Waals surface area contributed by atoms with Crippen molar-refractivity contribution in [2.45, 2.75) is 5.88 Å². The molecule has 4 heteroatoms. The van der Waals surface area contributed by atoms with Gasteiger partial charge < -0.3 is 0 Å². The maximum atomic E-state index is 13.3. The number of nitrogens with zero attached hydrogens (tertiary/aromatic N) is 2. The largest absolute Gasteiger partial charge is 0.265 e. The third-order valence-corrected chi connectivity index (χ3v) is 2.27. The molecule has 0 atom stereocenters. The number of para-hydroxylation sites is 1. The van der Waals surface area contributed by atoms with Crippen molar-refractivity contribution in [1.29, 1.82) is 0 Å². The Bertz CT molecular complexity index is 450. The van der Waals surface area contributed by atoms with E-state index in [-0.39, 0.29) is 5.82 Å². The number of fused-ring (bicyclic) bond motifs is 1. The van der Waals surface area contributed by atoms with E-state index >= 15 is 0 Å². The summed E-state index contributed by atoms with van der Waals surface area (Å²) >= 11 is 5.67. The summed E-state index contributed by atoms with van der Waals surface area (Å²) in [7, 11) is 1.71. The molecule has 1 aromatic heterocycles. The first kappa shape index (κ1) is 8.51. The SMILES string of the molecule is Cn1nc(CCl)c2cccc(F)c21. The molecule has 0 unspecified atom stereocenters. The van der Waals surface area contributed by atoms with Crippen molar-refractivity contribution in [1.82, 2.24) is 9.78 Å². The van der Waals surface area contributed by atoms with Crippen LogP contribution in [-0.4, -0.2) is 9.78 Å². The highest BCUT2D eigenvalue weighted by Crippen LogP contribution is 2.21. The van der Waals surface area contributed by atoms with Crippen molar-refractivity contribution in [2.75, 3.05) is 0 Å². The zero-order valence-electron chi connectivity index (χ0n) is 7.09. The Hall–Kier alpha value is -1.09. The van der Waals surface area contributed by atoms with Gasteiger partial charge in [0.2, 0.25) is 0 Å². The molecule has 0 saturated heterocycles. The van der Waals surface area contributed by atoms with Crippen LogP contribution in [0.4, 0.5) is 4.39 Å². The Morgan fingerprint density at radius 2 is 2.31 bits per heavy atom. The van der Waals surface area contributed by atoms with E-state index in [9.17, 15) is 4.39 Å². The molecule has 0 spiro atoms. The van der Waals surface area contributed by atoms with Crippen molar-refractivity contribution >= 4 is 22.5 Å². The van der Waals surface area contributed by atoms with Gasteiger partial charge in [0.25, 0.3) is 0 Å². The number of hydrogen-bond acceptors (Lipinski definition) is 1. The number of aromatic nitrogens is 2. The van der Waals surface area contributed by atoms with Crippen LogP contribution in [0, 0.1) is 5.82 Å². The van der Waals surface area contributed by atoms with E-state index in [0.717, 1.165) is 11.1 Å². The molecular formula is C9H8ClFN2. The third kappa shape index (κ3) is 1.20. The van der Waals surface area contributed by atoms with Crippen molar-refractivity contribution < 1.29 is 4.39 Å². The molecule has 0 radical (unpaired) electrons. The number of aryl methyl sites for hydroxylation is 1. The second-order valence-corrected chi connectivity index (χ2v) is 3.11. The topological polar surface area (TPSA) is 17.8 Å². The van der Waals surface area contributed by atoms with Crippen LogP contribution in [-0.2, 0) is 12.9 Å². The number of benzene rings is 1. The first-order valence-corrected chi connectivity index (χ1v) is 4.43. The van der Waals surface area contributed by atoms with E-state index in [0.29, 0.717) is 11.4 Å². The average Bonchev–Trinajstić information content (AvgIpc) is 2.44. The van der Waals surface area contributed by atoms with Gasteiger partial charge in [-0.05, 0) is 6.07 Å². The number of hydrogen-bond donors (Lipinski definition) is 0. The van der Waals surface area contributed by atoms with Gasteiger partial charge in [-0.15, -0.1) is 11.6 Å². The summed E-state index contributed by atoms with van der Waals surface area (Å²) in [5.74, 6) is 0.0460. The predicted octanol–water partition coefficient (Wildman–Crippen LogP) is 2.45. The lowest BCUT2D eigenvalue weighted by molar-refractivity contribution is 0.625. The van der Waals surface area contributed by atoms with Gasteiger partial charge in [0.1, 0.15) is 11.3 Å². The Balaban J connectivity index is 2.87. The third-order valence-electron chi connectivity index (χ3n) is 2.02. The van der Waals surface area contributed by atoms with Crippen LogP contribution >= 0.6 is 11.6 Å². The highest BCUT2D eigenvalue weighted by Gasteiger charge is 2.10. The summed E-state index contributed by atoms with van der Waals surface area (Å²) in [5.41, 5.74) is 1.23. The highest BCUT2D eigenvalue weighted by molar-refractivity contribution is 6.17. The summed E-state index contributed by atoms with van der Waals surface area (Å²) in [5, 5.41) is 4.90. The minimum atomic E-state index is -0.260. The van der Waals surface area contributed by atoms with Gasteiger partial charge in [0.05, 0.1) is 11.6 Å². The van der Waals surface area contributed by atoms with Crippen LogP contribution in [0.25, 0.3) is 10.9 Å². The fourth-order valence-corrected chi connectivity index (χ4v) is 1.66. The number of alkyl halides is 1. The molecule has 2 aromatic rings. The van der Waals surface area contributed by atoms with E-state index < -0.39 is 0 Å². The van der Waals surface area contributed by atoms with Crippen LogP contribution in [0.5, 0.6) is 0 Å². The van der Waals surface area contributed by atoms with Crippen LogP contribution in [0.1, 0.15) is 5.69 Å². The molecule has 13 heavy (non-hydrogen) atoms. The molecule has 68 valence electrons. The monoisotopic (exact) mass is 198 g/mol. The molecule has 1 heterocycles. The normalized spacial score (nSPS) is 11.0. The first-order chi connectivity index (χ1) is 6.24. The van der Waals surface area contributed by atoms with Crippen LogP contribution in [0.3, 0.4) is 0 Å². The van der Waals surface area contributed by atoms with Crippen molar-refractivity contribution in [2.24, 2.45) is 7.05 Å².